The number of hydrogen-bond acceptors (Lipinski definition) is 3. The van der Waals surface area contributed by atoms with Crippen LogP contribution in [0.4, 0.5) is 5.69 Å². The minimum Gasteiger partial charge on any atom is -0.489 e. The lowest BCUT2D eigenvalue weighted by atomic mass is 9.95. The summed E-state index contributed by atoms with van der Waals surface area (Å²) >= 11 is 6.15. The number of halogens is 1. The number of nitrogens with zero attached hydrogens (tertiary/aromatic N) is 1. The van der Waals surface area contributed by atoms with E-state index in [2.05, 4.69) is 5.32 Å². The summed E-state index contributed by atoms with van der Waals surface area (Å²) in [4.78, 5) is 27.2. The second-order valence-corrected chi connectivity index (χ2v) is 8.24. The van der Waals surface area contributed by atoms with Crippen molar-refractivity contribution in [3.05, 3.63) is 95.0 Å². The van der Waals surface area contributed by atoms with E-state index in [1.165, 1.54) is 0 Å². The van der Waals surface area contributed by atoms with Crippen molar-refractivity contribution in [2.24, 2.45) is 5.92 Å². The summed E-state index contributed by atoms with van der Waals surface area (Å²) < 4.78 is 5.79. The third kappa shape index (κ3) is 5.48. The fourth-order valence-electron chi connectivity index (χ4n) is 3.77. The van der Waals surface area contributed by atoms with Crippen LogP contribution < -0.4 is 10.1 Å². The molecule has 0 unspecified atom stereocenters. The number of carbonyl (C=O) groups is 2. The van der Waals surface area contributed by atoms with Gasteiger partial charge in [-0.1, -0.05) is 54.1 Å². The number of anilines is 1. The molecule has 2 amide bonds. The largest absolute Gasteiger partial charge is 0.489 e. The zero-order chi connectivity index (χ0) is 22.3. The predicted octanol–water partition coefficient (Wildman–Crippen LogP) is 5.41. The third-order valence-corrected chi connectivity index (χ3v) is 5.96. The molecule has 1 saturated heterocycles. The highest BCUT2D eigenvalue weighted by Crippen LogP contribution is 2.24. The molecular weight excluding hydrogens is 424 g/mol. The first kappa shape index (κ1) is 21.9. The molecule has 0 spiro atoms. The molecule has 0 saturated carbocycles. The molecule has 1 aliphatic heterocycles. The minimum atomic E-state index is -0.126. The molecule has 164 valence electrons. The molecule has 0 bridgehead atoms. The summed E-state index contributed by atoms with van der Waals surface area (Å²) in [6, 6.07) is 24.4. The molecule has 1 fully saturated rings. The number of benzene rings is 3. The summed E-state index contributed by atoms with van der Waals surface area (Å²) in [5.74, 6) is 0.519. The van der Waals surface area contributed by atoms with Gasteiger partial charge >= 0.3 is 0 Å². The monoisotopic (exact) mass is 448 g/mol. The molecule has 3 aromatic carbocycles. The molecule has 5 nitrogen and oxygen atoms in total. The smallest absolute Gasteiger partial charge is 0.255 e. The number of carbonyl (C=O) groups excluding carboxylic acids is 2. The molecule has 0 aliphatic carbocycles. The van der Waals surface area contributed by atoms with Crippen LogP contribution in [0.2, 0.25) is 5.02 Å². The number of amides is 2. The van der Waals surface area contributed by atoms with Gasteiger partial charge in [0.25, 0.3) is 5.91 Å². The van der Waals surface area contributed by atoms with Crippen molar-refractivity contribution in [3.63, 3.8) is 0 Å². The Morgan fingerprint density at radius 1 is 0.906 bits per heavy atom. The van der Waals surface area contributed by atoms with Gasteiger partial charge in [-0.3, -0.25) is 9.59 Å². The van der Waals surface area contributed by atoms with Crippen molar-refractivity contribution < 1.29 is 14.3 Å². The van der Waals surface area contributed by atoms with Gasteiger partial charge in [0.1, 0.15) is 12.4 Å². The Balaban J connectivity index is 1.26. The second-order valence-electron chi connectivity index (χ2n) is 7.83. The number of likely N-dealkylation sites (tertiary alicyclic amines) is 1. The van der Waals surface area contributed by atoms with Gasteiger partial charge in [-0.25, -0.2) is 0 Å². The molecule has 4 rings (SSSR count). The maximum Gasteiger partial charge on any atom is 0.255 e. The van der Waals surface area contributed by atoms with Crippen LogP contribution in [0.3, 0.4) is 0 Å². The fraction of sp³-hybridized carbons (Fsp3) is 0.231. The standard InChI is InChI=1S/C26H25ClN2O3/c27-24-9-5-4-8-23(24)26(31)29-16-14-20(15-17-29)25(30)28-21-10-12-22(13-11-21)32-18-19-6-2-1-3-7-19/h1-13,20H,14-18H2,(H,28,30). The van der Waals surface area contributed by atoms with Crippen molar-refractivity contribution in [2.75, 3.05) is 18.4 Å². The van der Waals surface area contributed by atoms with Gasteiger partial charge < -0.3 is 15.0 Å². The first-order valence-corrected chi connectivity index (χ1v) is 11.1. The van der Waals surface area contributed by atoms with Crippen LogP contribution in [-0.2, 0) is 11.4 Å². The van der Waals surface area contributed by atoms with Crippen molar-refractivity contribution in [1.29, 1.82) is 0 Å². The van der Waals surface area contributed by atoms with Crippen molar-refractivity contribution >= 4 is 29.1 Å². The van der Waals surface area contributed by atoms with E-state index < -0.39 is 0 Å². The number of piperidine rings is 1. The van der Waals surface area contributed by atoms with E-state index in [9.17, 15) is 9.59 Å². The van der Waals surface area contributed by atoms with Gasteiger partial charge in [0.05, 0.1) is 10.6 Å². The van der Waals surface area contributed by atoms with Crippen LogP contribution in [-0.4, -0.2) is 29.8 Å². The van der Waals surface area contributed by atoms with Gasteiger partial charge in [-0.2, -0.15) is 0 Å². The Hall–Kier alpha value is -3.31. The van der Waals surface area contributed by atoms with Gasteiger partial charge in [0, 0.05) is 24.7 Å². The summed E-state index contributed by atoms with van der Waals surface area (Å²) in [6.07, 6.45) is 1.25. The van der Waals surface area contributed by atoms with Crippen LogP contribution in [0.25, 0.3) is 0 Å². The van der Waals surface area contributed by atoms with E-state index >= 15 is 0 Å². The molecule has 0 atom stereocenters. The van der Waals surface area contributed by atoms with Gasteiger partial charge in [0.2, 0.25) is 5.91 Å². The Labute approximate surface area is 193 Å². The lowest BCUT2D eigenvalue weighted by Crippen LogP contribution is -2.41. The molecule has 32 heavy (non-hydrogen) atoms. The number of ether oxygens (including phenoxy) is 1. The normalized spacial score (nSPS) is 14.1. The molecule has 1 aliphatic rings. The van der Waals surface area contributed by atoms with Crippen LogP contribution in [0.15, 0.2) is 78.9 Å². The zero-order valence-corrected chi connectivity index (χ0v) is 18.4. The topological polar surface area (TPSA) is 58.6 Å². The Kier molecular flexibility index (Phi) is 7.07. The maximum atomic E-state index is 12.7. The quantitative estimate of drug-likeness (QED) is 0.548. The molecule has 1 N–H and O–H groups in total. The average molecular weight is 449 g/mol. The van der Waals surface area contributed by atoms with Crippen LogP contribution in [0.5, 0.6) is 5.75 Å². The van der Waals surface area contributed by atoms with E-state index in [4.69, 9.17) is 16.3 Å². The van der Waals surface area contributed by atoms with E-state index in [0.29, 0.717) is 43.1 Å². The Bertz CT molecular complexity index is 1060. The highest BCUT2D eigenvalue weighted by atomic mass is 35.5. The van der Waals surface area contributed by atoms with Crippen molar-refractivity contribution in [3.8, 4) is 5.75 Å². The molecule has 1 heterocycles. The summed E-state index contributed by atoms with van der Waals surface area (Å²) in [5, 5.41) is 3.43. The van der Waals surface area contributed by atoms with Gasteiger partial charge in [-0.15, -0.1) is 0 Å². The molecule has 0 aromatic heterocycles. The minimum absolute atomic E-state index is 0.0206. The number of hydrogen-bond donors (Lipinski definition) is 1. The first-order chi connectivity index (χ1) is 15.6. The summed E-state index contributed by atoms with van der Waals surface area (Å²) in [7, 11) is 0. The Morgan fingerprint density at radius 2 is 1.56 bits per heavy atom. The average Bonchev–Trinajstić information content (AvgIpc) is 2.84. The van der Waals surface area contributed by atoms with Gasteiger partial charge in [0.15, 0.2) is 0 Å². The SMILES string of the molecule is O=C(Nc1ccc(OCc2ccccc2)cc1)C1CCN(C(=O)c2ccccc2Cl)CC1. The molecule has 3 aromatic rings. The van der Waals surface area contributed by atoms with Crippen LogP contribution in [0, 0.1) is 5.92 Å². The summed E-state index contributed by atoms with van der Waals surface area (Å²) in [5.41, 5.74) is 2.34. The fourth-order valence-corrected chi connectivity index (χ4v) is 3.99. The lowest BCUT2D eigenvalue weighted by Gasteiger charge is -2.31. The second kappa shape index (κ2) is 10.3. The molecule has 6 heteroatoms. The first-order valence-electron chi connectivity index (χ1n) is 10.7. The highest BCUT2D eigenvalue weighted by molar-refractivity contribution is 6.33. The number of nitrogens with one attached hydrogen (secondary N) is 1. The maximum absolute atomic E-state index is 12.7. The molecular formula is C26H25ClN2O3. The van der Waals surface area contributed by atoms with Crippen LogP contribution in [0.1, 0.15) is 28.8 Å². The highest BCUT2D eigenvalue weighted by Gasteiger charge is 2.28. The third-order valence-electron chi connectivity index (χ3n) is 5.63. The van der Waals surface area contributed by atoms with E-state index in [1.807, 2.05) is 54.6 Å². The zero-order valence-electron chi connectivity index (χ0n) is 17.7. The summed E-state index contributed by atoms with van der Waals surface area (Å²) in [6.45, 7) is 1.57. The van der Waals surface area contributed by atoms with Crippen LogP contribution >= 0.6 is 11.6 Å². The van der Waals surface area contributed by atoms with E-state index in [1.54, 1.807) is 29.2 Å². The van der Waals surface area contributed by atoms with Crippen molar-refractivity contribution in [2.45, 2.75) is 19.4 Å². The Morgan fingerprint density at radius 3 is 2.25 bits per heavy atom. The predicted molar refractivity (Wildman–Crippen MR) is 126 cm³/mol. The van der Waals surface area contributed by atoms with E-state index in [0.717, 1.165) is 17.0 Å². The molecule has 0 radical (unpaired) electrons. The van der Waals surface area contributed by atoms with Gasteiger partial charge in [-0.05, 0) is 54.8 Å². The number of rotatable bonds is 6. The lowest BCUT2D eigenvalue weighted by molar-refractivity contribution is -0.121. The van der Waals surface area contributed by atoms with E-state index in [-0.39, 0.29) is 17.7 Å². The van der Waals surface area contributed by atoms with Crippen molar-refractivity contribution in [1.82, 2.24) is 4.90 Å².